The summed E-state index contributed by atoms with van der Waals surface area (Å²) in [5.41, 5.74) is 16.7. The van der Waals surface area contributed by atoms with Crippen molar-refractivity contribution in [2.75, 3.05) is 17.6 Å². The minimum Gasteiger partial charge on any atom is -0.370 e. The fourth-order valence-electron chi connectivity index (χ4n) is 2.98. The minimum atomic E-state index is -0.447. The largest absolute Gasteiger partial charge is 0.370 e. The van der Waals surface area contributed by atoms with Crippen LogP contribution in [0.25, 0.3) is 11.3 Å². The maximum absolute atomic E-state index is 11.2. The number of primary amides is 1. The van der Waals surface area contributed by atoms with Crippen LogP contribution in [0.2, 0.25) is 0 Å². The van der Waals surface area contributed by atoms with Crippen LogP contribution in [0.1, 0.15) is 33.6 Å². The van der Waals surface area contributed by atoms with Crippen LogP contribution < -0.4 is 16.8 Å². The molecule has 3 aromatic rings. The Morgan fingerprint density at radius 1 is 1.14 bits per heavy atom. The highest BCUT2D eigenvalue weighted by molar-refractivity contribution is 5.92. The summed E-state index contributed by atoms with van der Waals surface area (Å²) in [7, 11) is 0. The predicted molar refractivity (Wildman–Crippen MR) is 111 cm³/mol. The maximum Gasteiger partial charge on any atom is 0.248 e. The lowest BCUT2D eigenvalue weighted by Gasteiger charge is -2.11. The lowest BCUT2D eigenvalue weighted by Crippen LogP contribution is -2.12. The van der Waals surface area contributed by atoms with Gasteiger partial charge in [0.05, 0.1) is 5.69 Å². The van der Waals surface area contributed by atoms with Crippen molar-refractivity contribution in [3.8, 4) is 11.3 Å². The third kappa shape index (κ3) is 4.62. The Morgan fingerprint density at radius 3 is 2.75 bits per heavy atom. The van der Waals surface area contributed by atoms with E-state index in [1.54, 1.807) is 18.3 Å². The topological polar surface area (TPSA) is 120 Å². The SMILES string of the molecule is Cc1cccc(-c2cc(NCCCc3cc(C(N)=O)ccn3)nc(N)n2)c1C. The van der Waals surface area contributed by atoms with Gasteiger partial charge < -0.3 is 16.8 Å². The molecule has 0 radical (unpaired) electrons. The summed E-state index contributed by atoms with van der Waals surface area (Å²) < 4.78 is 0. The summed E-state index contributed by atoms with van der Waals surface area (Å²) in [6, 6.07) is 11.4. The third-order valence-corrected chi connectivity index (χ3v) is 4.64. The number of nitrogens with one attached hydrogen (secondary N) is 1. The average Bonchev–Trinajstić information content (AvgIpc) is 2.67. The van der Waals surface area contributed by atoms with E-state index in [0.717, 1.165) is 29.8 Å². The molecule has 0 bridgehead atoms. The Labute approximate surface area is 164 Å². The van der Waals surface area contributed by atoms with Crippen molar-refractivity contribution in [2.45, 2.75) is 26.7 Å². The molecule has 0 spiro atoms. The highest BCUT2D eigenvalue weighted by Crippen LogP contribution is 2.26. The van der Waals surface area contributed by atoms with Gasteiger partial charge in [0.25, 0.3) is 0 Å². The summed E-state index contributed by atoms with van der Waals surface area (Å²) in [6.07, 6.45) is 3.14. The van der Waals surface area contributed by atoms with Gasteiger partial charge in [0.2, 0.25) is 11.9 Å². The van der Waals surface area contributed by atoms with Crippen LogP contribution in [0.5, 0.6) is 0 Å². The molecule has 0 aliphatic heterocycles. The monoisotopic (exact) mass is 376 g/mol. The highest BCUT2D eigenvalue weighted by Gasteiger charge is 2.09. The number of nitrogen functional groups attached to an aromatic ring is 1. The second kappa shape index (κ2) is 8.47. The average molecular weight is 376 g/mol. The number of hydrogen-bond donors (Lipinski definition) is 3. The molecule has 0 saturated carbocycles. The second-order valence-electron chi connectivity index (χ2n) is 6.67. The Hall–Kier alpha value is -3.48. The van der Waals surface area contributed by atoms with Gasteiger partial charge in [0.15, 0.2) is 0 Å². The van der Waals surface area contributed by atoms with E-state index in [2.05, 4.69) is 40.2 Å². The van der Waals surface area contributed by atoms with Crippen LogP contribution in [0, 0.1) is 13.8 Å². The molecule has 2 aromatic heterocycles. The fourth-order valence-corrected chi connectivity index (χ4v) is 2.98. The lowest BCUT2D eigenvalue weighted by atomic mass is 10.0. The molecule has 1 amide bonds. The van der Waals surface area contributed by atoms with E-state index < -0.39 is 5.91 Å². The molecule has 5 N–H and O–H groups in total. The van der Waals surface area contributed by atoms with Crippen LogP contribution in [-0.2, 0) is 6.42 Å². The van der Waals surface area contributed by atoms with Crippen molar-refractivity contribution in [1.29, 1.82) is 0 Å². The molecule has 0 fully saturated rings. The molecule has 0 aliphatic rings. The lowest BCUT2D eigenvalue weighted by molar-refractivity contribution is 0.1000. The van der Waals surface area contributed by atoms with Crippen molar-refractivity contribution in [1.82, 2.24) is 15.0 Å². The van der Waals surface area contributed by atoms with Gasteiger partial charge in [0, 0.05) is 35.6 Å². The molecule has 0 saturated heterocycles. The van der Waals surface area contributed by atoms with E-state index in [-0.39, 0.29) is 5.95 Å². The zero-order valence-electron chi connectivity index (χ0n) is 16.1. The smallest absolute Gasteiger partial charge is 0.248 e. The standard InChI is InChI=1S/C21H24N6O/c1-13-5-3-7-17(14(13)2)18-12-19(27-21(23)26-18)25-9-4-6-16-11-15(20(22)28)8-10-24-16/h3,5,7-8,10-12H,4,6,9H2,1-2H3,(H2,22,28)(H3,23,25,26,27). The highest BCUT2D eigenvalue weighted by atomic mass is 16.1. The summed E-state index contributed by atoms with van der Waals surface area (Å²) >= 11 is 0. The molecular weight excluding hydrogens is 352 g/mol. The number of aromatic nitrogens is 3. The molecule has 28 heavy (non-hydrogen) atoms. The van der Waals surface area contributed by atoms with Crippen LogP contribution in [0.3, 0.4) is 0 Å². The van der Waals surface area contributed by atoms with E-state index >= 15 is 0 Å². The number of benzene rings is 1. The van der Waals surface area contributed by atoms with Crippen molar-refractivity contribution >= 4 is 17.7 Å². The first kappa shape index (κ1) is 19.3. The van der Waals surface area contributed by atoms with Gasteiger partial charge >= 0.3 is 0 Å². The van der Waals surface area contributed by atoms with Gasteiger partial charge in [-0.3, -0.25) is 9.78 Å². The molecule has 7 nitrogen and oxygen atoms in total. The van der Waals surface area contributed by atoms with E-state index in [4.69, 9.17) is 11.5 Å². The summed E-state index contributed by atoms with van der Waals surface area (Å²) in [5, 5.41) is 3.29. The number of anilines is 2. The van der Waals surface area contributed by atoms with Crippen LogP contribution in [0.15, 0.2) is 42.6 Å². The van der Waals surface area contributed by atoms with Crippen molar-refractivity contribution in [3.05, 3.63) is 65.0 Å². The first-order chi connectivity index (χ1) is 13.4. The summed E-state index contributed by atoms with van der Waals surface area (Å²) in [4.78, 5) is 24.2. The number of hydrogen-bond acceptors (Lipinski definition) is 6. The molecule has 0 aliphatic carbocycles. The van der Waals surface area contributed by atoms with Crippen molar-refractivity contribution in [2.24, 2.45) is 5.73 Å². The predicted octanol–water partition coefficient (Wildman–Crippen LogP) is 2.88. The molecule has 2 heterocycles. The van der Waals surface area contributed by atoms with Crippen molar-refractivity contribution < 1.29 is 4.79 Å². The van der Waals surface area contributed by atoms with Crippen LogP contribution >= 0.6 is 0 Å². The van der Waals surface area contributed by atoms with Crippen LogP contribution in [0.4, 0.5) is 11.8 Å². The van der Waals surface area contributed by atoms with E-state index in [1.165, 1.54) is 11.1 Å². The molecular formula is C21H24N6O. The number of rotatable bonds is 7. The number of aryl methyl sites for hydroxylation is 2. The zero-order chi connectivity index (χ0) is 20.1. The maximum atomic E-state index is 11.2. The fraction of sp³-hybridized carbons (Fsp3) is 0.238. The van der Waals surface area contributed by atoms with E-state index in [1.807, 2.05) is 18.2 Å². The van der Waals surface area contributed by atoms with Gasteiger partial charge in [-0.15, -0.1) is 0 Å². The number of nitrogens with two attached hydrogens (primary N) is 2. The summed E-state index contributed by atoms with van der Waals surface area (Å²) in [5.74, 6) is 0.469. The zero-order valence-corrected chi connectivity index (χ0v) is 16.1. The molecule has 7 heteroatoms. The summed E-state index contributed by atoms with van der Waals surface area (Å²) in [6.45, 7) is 4.83. The number of carbonyl (C=O) groups is 1. The first-order valence-corrected chi connectivity index (χ1v) is 9.14. The Bertz CT molecular complexity index is 1000. The van der Waals surface area contributed by atoms with Gasteiger partial charge in [-0.25, -0.2) is 4.98 Å². The number of nitrogens with zero attached hydrogens (tertiary/aromatic N) is 3. The molecule has 3 rings (SSSR count). The number of amides is 1. The Balaban J connectivity index is 1.65. The van der Waals surface area contributed by atoms with Gasteiger partial charge in [-0.05, 0) is 49.9 Å². The van der Waals surface area contributed by atoms with Crippen molar-refractivity contribution in [3.63, 3.8) is 0 Å². The molecule has 1 aromatic carbocycles. The molecule has 0 unspecified atom stereocenters. The van der Waals surface area contributed by atoms with Gasteiger partial charge in [0.1, 0.15) is 5.82 Å². The van der Waals surface area contributed by atoms with Gasteiger partial charge in [-0.1, -0.05) is 18.2 Å². The minimum absolute atomic E-state index is 0.233. The molecule has 144 valence electrons. The number of carbonyl (C=O) groups excluding carboxylic acids is 1. The van der Waals surface area contributed by atoms with Gasteiger partial charge in [-0.2, -0.15) is 4.98 Å². The van der Waals surface area contributed by atoms with E-state index in [9.17, 15) is 4.79 Å². The molecule has 0 atom stereocenters. The third-order valence-electron chi connectivity index (χ3n) is 4.64. The van der Waals surface area contributed by atoms with E-state index in [0.29, 0.717) is 17.9 Å². The Kier molecular flexibility index (Phi) is 5.84. The Morgan fingerprint density at radius 2 is 1.96 bits per heavy atom. The quantitative estimate of drug-likeness (QED) is 0.545. The number of pyridine rings is 1. The van der Waals surface area contributed by atoms with Crippen LogP contribution in [-0.4, -0.2) is 27.4 Å². The first-order valence-electron chi connectivity index (χ1n) is 9.14. The normalized spacial score (nSPS) is 10.6. The second-order valence-corrected chi connectivity index (χ2v) is 6.67.